The molecule has 0 aliphatic carbocycles. The second kappa shape index (κ2) is 6.33. The Hall–Kier alpha value is -1.45. The summed E-state index contributed by atoms with van der Waals surface area (Å²) in [5.74, 6) is 0.630. The molecule has 2 heterocycles. The van der Waals surface area contributed by atoms with Crippen molar-refractivity contribution in [1.29, 1.82) is 0 Å². The van der Waals surface area contributed by atoms with Gasteiger partial charge in [-0.3, -0.25) is 4.90 Å². The van der Waals surface area contributed by atoms with Crippen molar-refractivity contribution in [2.75, 3.05) is 13.1 Å². The van der Waals surface area contributed by atoms with E-state index in [2.05, 4.69) is 52.3 Å². The topological polar surface area (TPSA) is 19.0 Å². The highest BCUT2D eigenvalue weighted by Crippen LogP contribution is 2.27. The van der Waals surface area contributed by atoms with Crippen LogP contribution in [-0.2, 0) is 6.54 Å². The summed E-state index contributed by atoms with van der Waals surface area (Å²) in [5, 5.41) is 0. The number of hydrogen-bond acceptors (Lipinski definition) is 2. The van der Waals surface area contributed by atoms with Crippen LogP contribution in [0.4, 0.5) is 0 Å². The van der Waals surface area contributed by atoms with Crippen molar-refractivity contribution in [1.82, 2.24) is 9.88 Å². The van der Waals surface area contributed by atoms with E-state index in [9.17, 15) is 0 Å². The van der Waals surface area contributed by atoms with E-state index in [-0.39, 0.29) is 0 Å². The van der Waals surface area contributed by atoms with Gasteiger partial charge < -0.3 is 4.98 Å². The van der Waals surface area contributed by atoms with Crippen LogP contribution in [0.3, 0.4) is 0 Å². The maximum absolute atomic E-state index is 5.21. The summed E-state index contributed by atoms with van der Waals surface area (Å²) < 4.78 is 0.842. The molecule has 1 aliphatic heterocycles. The number of rotatable bonds is 3. The molecule has 0 atom stereocenters. The molecule has 0 amide bonds. The number of aromatic amines is 1. The molecule has 0 unspecified atom stereocenters. The van der Waals surface area contributed by atoms with Crippen molar-refractivity contribution >= 4 is 12.2 Å². The smallest absolute Gasteiger partial charge is 0.103 e. The largest absolute Gasteiger partial charge is 0.350 e. The van der Waals surface area contributed by atoms with E-state index in [1.54, 1.807) is 0 Å². The molecule has 1 aromatic heterocycles. The van der Waals surface area contributed by atoms with Crippen LogP contribution in [0.25, 0.3) is 0 Å². The lowest BCUT2D eigenvalue weighted by atomic mass is 9.93. The van der Waals surface area contributed by atoms with E-state index >= 15 is 0 Å². The second-order valence-electron chi connectivity index (χ2n) is 5.51. The number of likely N-dealkylation sites (tertiary alicyclic amines) is 1. The van der Waals surface area contributed by atoms with E-state index in [1.165, 1.54) is 24.1 Å². The van der Waals surface area contributed by atoms with Gasteiger partial charge in [-0.1, -0.05) is 48.6 Å². The molecule has 0 saturated carbocycles. The van der Waals surface area contributed by atoms with Gasteiger partial charge in [0.15, 0.2) is 0 Å². The van der Waals surface area contributed by atoms with E-state index in [1.807, 2.05) is 6.07 Å². The molecular weight excluding hydrogens is 264 g/mol. The van der Waals surface area contributed by atoms with Gasteiger partial charge in [0.25, 0.3) is 0 Å². The highest BCUT2D eigenvalue weighted by molar-refractivity contribution is 7.71. The van der Waals surface area contributed by atoms with Crippen LogP contribution in [0, 0.1) is 4.64 Å². The van der Waals surface area contributed by atoms with E-state index in [0.29, 0.717) is 5.92 Å². The van der Waals surface area contributed by atoms with Crippen molar-refractivity contribution in [3.63, 3.8) is 0 Å². The number of pyridine rings is 1. The Labute approximate surface area is 125 Å². The van der Waals surface area contributed by atoms with Crippen LogP contribution in [-0.4, -0.2) is 23.0 Å². The molecule has 0 radical (unpaired) electrons. The Kier molecular flexibility index (Phi) is 4.28. The first-order valence-electron chi connectivity index (χ1n) is 7.27. The molecular formula is C17H20N2S. The molecule has 1 aromatic carbocycles. The summed E-state index contributed by atoms with van der Waals surface area (Å²) in [4.78, 5) is 5.88. The fourth-order valence-electron chi connectivity index (χ4n) is 2.95. The zero-order valence-corrected chi connectivity index (χ0v) is 12.4. The Morgan fingerprint density at radius 3 is 2.45 bits per heavy atom. The van der Waals surface area contributed by atoms with E-state index < -0.39 is 0 Å². The normalized spacial score (nSPS) is 17.2. The summed E-state index contributed by atoms with van der Waals surface area (Å²) in [5.41, 5.74) is 2.71. The van der Waals surface area contributed by atoms with Crippen LogP contribution in [0.2, 0.25) is 0 Å². The molecule has 104 valence electrons. The number of aromatic nitrogens is 1. The molecule has 1 saturated heterocycles. The fraction of sp³-hybridized carbons (Fsp3) is 0.353. The number of hydrogen-bond donors (Lipinski definition) is 1. The SMILES string of the molecule is S=c1cccc(C2CCN(Cc3ccccc3)CC2)[nH]1. The zero-order chi connectivity index (χ0) is 13.8. The van der Waals surface area contributed by atoms with Gasteiger partial charge in [0, 0.05) is 18.2 Å². The van der Waals surface area contributed by atoms with Crippen LogP contribution in [0.15, 0.2) is 48.5 Å². The Morgan fingerprint density at radius 2 is 1.75 bits per heavy atom. The minimum Gasteiger partial charge on any atom is -0.350 e. The molecule has 0 spiro atoms. The Morgan fingerprint density at radius 1 is 1.00 bits per heavy atom. The molecule has 1 fully saturated rings. The minimum atomic E-state index is 0.630. The monoisotopic (exact) mass is 284 g/mol. The van der Waals surface area contributed by atoms with Gasteiger partial charge in [-0.2, -0.15) is 0 Å². The lowest BCUT2D eigenvalue weighted by molar-refractivity contribution is 0.203. The van der Waals surface area contributed by atoms with Crippen LogP contribution in [0.1, 0.15) is 30.0 Å². The van der Waals surface area contributed by atoms with Crippen molar-refractivity contribution in [3.8, 4) is 0 Å². The molecule has 3 heteroatoms. The average molecular weight is 284 g/mol. The quantitative estimate of drug-likeness (QED) is 0.855. The third-order valence-corrected chi connectivity index (χ3v) is 4.31. The summed E-state index contributed by atoms with van der Waals surface area (Å²) in [6, 6.07) is 16.9. The predicted molar refractivity (Wildman–Crippen MR) is 85.3 cm³/mol. The average Bonchev–Trinajstić information content (AvgIpc) is 2.49. The zero-order valence-electron chi connectivity index (χ0n) is 11.6. The summed E-state index contributed by atoms with van der Waals surface area (Å²) in [6.45, 7) is 3.39. The summed E-state index contributed by atoms with van der Waals surface area (Å²) in [6.07, 6.45) is 2.42. The Bertz CT molecular complexity index is 598. The highest BCUT2D eigenvalue weighted by Gasteiger charge is 2.20. The lowest BCUT2D eigenvalue weighted by Gasteiger charge is -2.32. The minimum absolute atomic E-state index is 0.630. The third-order valence-electron chi connectivity index (χ3n) is 4.07. The van der Waals surface area contributed by atoms with Crippen molar-refractivity contribution < 1.29 is 0 Å². The molecule has 0 bridgehead atoms. The Balaban J connectivity index is 1.58. The van der Waals surface area contributed by atoms with Crippen molar-refractivity contribution in [3.05, 3.63) is 64.4 Å². The number of piperidine rings is 1. The molecule has 1 aliphatic rings. The lowest BCUT2D eigenvalue weighted by Crippen LogP contribution is -2.32. The number of nitrogens with one attached hydrogen (secondary N) is 1. The standard InChI is InChI=1S/C17H20N2S/c20-17-8-4-7-16(18-17)15-9-11-19(12-10-15)13-14-5-2-1-3-6-14/h1-8,15H,9-13H2,(H,18,20). The first-order valence-corrected chi connectivity index (χ1v) is 7.67. The first kappa shape index (κ1) is 13.5. The van der Waals surface area contributed by atoms with Gasteiger partial charge in [0.1, 0.15) is 4.64 Å². The number of nitrogens with zero attached hydrogens (tertiary/aromatic N) is 1. The van der Waals surface area contributed by atoms with Gasteiger partial charge in [-0.05, 0) is 43.6 Å². The predicted octanol–water partition coefficient (Wildman–Crippen LogP) is 4.12. The van der Waals surface area contributed by atoms with E-state index in [0.717, 1.165) is 24.3 Å². The van der Waals surface area contributed by atoms with Gasteiger partial charge in [0.2, 0.25) is 0 Å². The molecule has 3 rings (SSSR count). The first-order chi connectivity index (χ1) is 9.81. The van der Waals surface area contributed by atoms with Crippen LogP contribution < -0.4 is 0 Å². The van der Waals surface area contributed by atoms with E-state index in [4.69, 9.17) is 12.2 Å². The second-order valence-corrected chi connectivity index (χ2v) is 5.95. The number of H-pyrrole nitrogens is 1. The molecule has 1 N–H and O–H groups in total. The molecule has 20 heavy (non-hydrogen) atoms. The van der Waals surface area contributed by atoms with Crippen molar-refractivity contribution in [2.24, 2.45) is 0 Å². The van der Waals surface area contributed by atoms with Crippen LogP contribution in [0.5, 0.6) is 0 Å². The van der Waals surface area contributed by atoms with Gasteiger partial charge >= 0.3 is 0 Å². The maximum atomic E-state index is 5.21. The van der Waals surface area contributed by atoms with Crippen LogP contribution >= 0.6 is 12.2 Å². The molecule has 2 nitrogen and oxygen atoms in total. The van der Waals surface area contributed by atoms with Crippen molar-refractivity contribution in [2.45, 2.75) is 25.3 Å². The number of benzene rings is 1. The fourth-order valence-corrected chi connectivity index (χ4v) is 3.14. The van der Waals surface area contributed by atoms with Gasteiger partial charge in [-0.25, -0.2) is 0 Å². The van der Waals surface area contributed by atoms with Gasteiger partial charge in [0.05, 0.1) is 0 Å². The van der Waals surface area contributed by atoms with Gasteiger partial charge in [-0.15, -0.1) is 0 Å². The highest BCUT2D eigenvalue weighted by atomic mass is 32.1. The maximum Gasteiger partial charge on any atom is 0.103 e. The third kappa shape index (κ3) is 3.35. The summed E-state index contributed by atoms with van der Waals surface area (Å²) in [7, 11) is 0. The summed E-state index contributed by atoms with van der Waals surface area (Å²) >= 11 is 5.21. The molecule has 2 aromatic rings.